The van der Waals surface area contributed by atoms with E-state index in [0.717, 1.165) is 22.6 Å². The second-order valence-electron chi connectivity index (χ2n) is 3.42. The molecule has 0 N–H and O–H groups in total. The van der Waals surface area contributed by atoms with E-state index in [-0.39, 0.29) is 0 Å². The zero-order chi connectivity index (χ0) is 11.0. The molecule has 0 aliphatic carbocycles. The third kappa shape index (κ3) is 1.42. The number of benzene rings is 2. The molecule has 2 aromatic carbocycles. The maximum absolute atomic E-state index is 8.01. The lowest BCUT2D eigenvalue weighted by molar-refractivity contribution is 0.481. The van der Waals surface area contributed by atoms with Crippen LogP contribution in [0.25, 0.3) is 12.1 Å². The van der Waals surface area contributed by atoms with Gasteiger partial charge >= 0.3 is 0 Å². The van der Waals surface area contributed by atoms with Gasteiger partial charge < -0.3 is 4.74 Å². The molecule has 0 spiro atoms. The molecule has 1 aliphatic rings. The van der Waals surface area contributed by atoms with Crippen molar-refractivity contribution < 1.29 is 6.11 Å². The lowest BCUT2D eigenvalue weighted by atomic mass is 10.1. The van der Waals surface area contributed by atoms with E-state index in [1.54, 1.807) is 0 Å². The Balaban J connectivity index is 2.25. The second kappa shape index (κ2) is 3.28. The quantitative estimate of drug-likeness (QED) is 0.618. The summed E-state index contributed by atoms with van der Waals surface area (Å²) < 4.78 is 13.8. The third-order valence-electron chi connectivity index (χ3n) is 2.41. The Kier molecular flexibility index (Phi) is 1.60. The first-order valence-corrected chi connectivity index (χ1v) is 4.89. The van der Waals surface area contributed by atoms with Crippen LogP contribution in [0.1, 0.15) is 12.5 Å². The Morgan fingerprint density at radius 2 is 1.40 bits per heavy atom. The zero-order valence-electron chi connectivity index (χ0n) is 9.10. The van der Waals surface area contributed by atoms with Gasteiger partial charge in [0.25, 0.3) is 0 Å². The molecule has 0 bridgehead atoms. The molecule has 0 amide bonds. The number of hydrogen-bond acceptors (Lipinski definition) is 1. The van der Waals surface area contributed by atoms with Crippen LogP contribution in [0.15, 0.2) is 48.5 Å². The minimum absolute atomic E-state index is 0.487. The van der Waals surface area contributed by atoms with E-state index in [2.05, 4.69) is 0 Å². The van der Waals surface area contributed by atoms with E-state index >= 15 is 0 Å². The van der Waals surface area contributed by atoms with E-state index in [1.165, 1.54) is 0 Å². The molecule has 72 valence electrons. The summed E-state index contributed by atoms with van der Waals surface area (Å²) >= 11 is 0. The van der Waals surface area contributed by atoms with Gasteiger partial charge in [-0.3, -0.25) is 0 Å². The molecule has 1 heterocycles. The maximum Gasteiger partial charge on any atom is 0.134 e. The molecule has 2 aromatic rings. The van der Waals surface area contributed by atoms with Crippen LogP contribution in [0, 0.1) is 0 Å². The lowest BCUT2D eigenvalue weighted by Gasteiger charge is -2.07. The highest BCUT2D eigenvalue weighted by Gasteiger charge is 2.08. The van der Waals surface area contributed by atoms with Crippen molar-refractivity contribution in [2.24, 2.45) is 0 Å². The maximum atomic E-state index is 8.01. The monoisotopic (exact) mass is 195 g/mol. The first kappa shape index (κ1) is 7.30. The van der Waals surface area contributed by atoms with Gasteiger partial charge in [-0.1, -0.05) is 48.5 Å². The van der Waals surface area contributed by atoms with Gasteiger partial charge in [-0.25, -0.2) is 0 Å². The Labute approximate surface area is 90.0 Å². The summed E-state index contributed by atoms with van der Waals surface area (Å²) in [5.41, 5.74) is 1.78. The summed E-state index contributed by atoms with van der Waals surface area (Å²) in [5.74, 6) is 1.55. The van der Waals surface area contributed by atoms with E-state index < -0.39 is 0 Å². The standard InChI is InChI=1S/C14H10O/c1-3-7-13-11(5-1)9-10-12-6-2-4-8-14(12)15-13/h1-10H/i9D. The minimum Gasteiger partial charge on any atom is -0.456 e. The van der Waals surface area contributed by atoms with Gasteiger partial charge in [0.15, 0.2) is 0 Å². The van der Waals surface area contributed by atoms with E-state index in [4.69, 9.17) is 6.11 Å². The third-order valence-corrected chi connectivity index (χ3v) is 2.41. The van der Waals surface area contributed by atoms with Gasteiger partial charge in [-0.15, -0.1) is 0 Å². The highest BCUT2D eigenvalue weighted by molar-refractivity contribution is 5.77. The molecule has 0 unspecified atom stereocenters. The smallest absolute Gasteiger partial charge is 0.134 e. The topological polar surface area (TPSA) is 9.23 Å². The van der Waals surface area contributed by atoms with Crippen LogP contribution in [0.4, 0.5) is 0 Å². The van der Waals surface area contributed by atoms with Gasteiger partial charge in [0, 0.05) is 11.1 Å². The Hall–Kier alpha value is -2.02. The van der Waals surface area contributed by atoms with Crippen molar-refractivity contribution in [3.8, 4) is 11.5 Å². The van der Waals surface area contributed by atoms with E-state index in [1.807, 2.05) is 54.6 Å². The molecule has 3 rings (SSSR count). The van der Waals surface area contributed by atoms with Crippen molar-refractivity contribution in [1.82, 2.24) is 0 Å². The average Bonchev–Trinajstić information content (AvgIpc) is 2.45. The number of hydrogen-bond donors (Lipinski definition) is 0. The Bertz CT molecular complexity index is 572. The minimum atomic E-state index is 0.487. The molecule has 0 radical (unpaired) electrons. The predicted molar refractivity (Wildman–Crippen MR) is 61.9 cm³/mol. The molecule has 0 atom stereocenters. The summed E-state index contributed by atoms with van der Waals surface area (Å²) in [6.07, 6.45) is 1.83. The van der Waals surface area contributed by atoms with E-state index in [0.29, 0.717) is 6.05 Å². The summed E-state index contributed by atoms with van der Waals surface area (Å²) in [7, 11) is 0. The number of fused-ring (bicyclic) bond motifs is 2. The first-order valence-electron chi connectivity index (χ1n) is 5.39. The van der Waals surface area contributed by atoms with Gasteiger partial charge in [0.05, 0.1) is 1.37 Å². The Morgan fingerprint density at radius 3 is 2.20 bits per heavy atom. The fraction of sp³-hybridized carbons (Fsp3) is 0. The number of para-hydroxylation sites is 2. The normalized spacial score (nSPS) is 13.9. The van der Waals surface area contributed by atoms with Crippen LogP contribution < -0.4 is 4.74 Å². The highest BCUT2D eigenvalue weighted by atomic mass is 16.5. The largest absolute Gasteiger partial charge is 0.456 e. The SMILES string of the molecule is [2H]C1=Cc2ccccc2Oc2ccccc21. The van der Waals surface area contributed by atoms with Crippen LogP contribution in [0.3, 0.4) is 0 Å². The summed E-state index contributed by atoms with van der Waals surface area (Å²) in [6, 6.07) is 15.9. The second-order valence-corrected chi connectivity index (χ2v) is 3.42. The van der Waals surface area contributed by atoms with Crippen molar-refractivity contribution >= 4 is 12.1 Å². The van der Waals surface area contributed by atoms with Crippen LogP contribution in [0.2, 0.25) is 0 Å². The predicted octanol–water partition coefficient (Wildman–Crippen LogP) is 3.96. The van der Waals surface area contributed by atoms with Crippen LogP contribution in [-0.2, 0) is 0 Å². The zero-order valence-corrected chi connectivity index (χ0v) is 8.10. The summed E-state index contributed by atoms with van der Waals surface area (Å²) in [4.78, 5) is 0. The molecule has 1 aliphatic heterocycles. The molecule has 1 nitrogen and oxygen atoms in total. The number of rotatable bonds is 0. The molecular weight excluding hydrogens is 184 g/mol. The average molecular weight is 195 g/mol. The van der Waals surface area contributed by atoms with Gasteiger partial charge in [-0.05, 0) is 12.1 Å². The molecule has 0 saturated heterocycles. The van der Waals surface area contributed by atoms with Crippen LogP contribution in [0.5, 0.6) is 11.5 Å². The number of ether oxygens (including phenoxy) is 1. The fourth-order valence-corrected chi connectivity index (χ4v) is 1.64. The van der Waals surface area contributed by atoms with E-state index in [9.17, 15) is 0 Å². The summed E-state index contributed by atoms with van der Waals surface area (Å²) in [5, 5.41) is 0. The van der Waals surface area contributed by atoms with Gasteiger partial charge in [0.1, 0.15) is 11.5 Å². The fourth-order valence-electron chi connectivity index (χ4n) is 1.64. The molecule has 0 saturated carbocycles. The van der Waals surface area contributed by atoms with Crippen molar-refractivity contribution in [3.05, 3.63) is 59.7 Å². The van der Waals surface area contributed by atoms with Crippen LogP contribution in [-0.4, -0.2) is 0 Å². The highest BCUT2D eigenvalue weighted by Crippen LogP contribution is 2.33. The van der Waals surface area contributed by atoms with Gasteiger partial charge in [-0.2, -0.15) is 0 Å². The molecular formula is C14H10O. The van der Waals surface area contributed by atoms with Crippen molar-refractivity contribution in [2.75, 3.05) is 0 Å². The van der Waals surface area contributed by atoms with Crippen molar-refractivity contribution in [3.63, 3.8) is 0 Å². The first-order chi connectivity index (χ1) is 7.84. The molecule has 0 fully saturated rings. The van der Waals surface area contributed by atoms with Gasteiger partial charge in [0.2, 0.25) is 0 Å². The molecule has 0 aromatic heterocycles. The molecule has 1 heteroatoms. The summed E-state index contributed by atoms with van der Waals surface area (Å²) in [6.45, 7) is 0. The van der Waals surface area contributed by atoms with Crippen LogP contribution >= 0.6 is 0 Å². The lowest BCUT2D eigenvalue weighted by Crippen LogP contribution is -1.86. The van der Waals surface area contributed by atoms with Crippen molar-refractivity contribution in [2.45, 2.75) is 0 Å². The Morgan fingerprint density at radius 1 is 0.800 bits per heavy atom. The molecule has 15 heavy (non-hydrogen) atoms. The van der Waals surface area contributed by atoms with Crippen molar-refractivity contribution in [1.29, 1.82) is 0 Å².